The van der Waals surface area contributed by atoms with E-state index in [-0.39, 0.29) is 0 Å². The number of pyridine rings is 1. The Morgan fingerprint density at radius 1 is 1.12 bits per heavy atom. The summed E-state index contributed by atoms with van der Waals surface area (Å²) in [6.45, 7) is 2.88. The number of aromatic nitrogens is 2. The quantitative estimate of drug-likeness (QED) is 0.634. The van der Waals surface area contributed by atoms with Crippen LogP contribution in [0.4, 0.5) is 0 Å². The SMILES string of the molecule is CC[C@@H](c1ccncc1)N(C)Cc1cc(-c2ccc(Cl)cc2)no1. The molecule has 24 heavy (non-hydrogen) atoms. The molecule has 1 atom stereocenters. The molecule has 0 spiro atoms. The van der Waals surface area contributed by atoms with E-state index >= 15 is 0 Å². The van der Waals surface area contributed by atoms with Gasteiger partial charge in [-0.3, -0.25) is 9.88 Å². The lowest BCUT2D eigenvalue weighted by Gasteiger charge is -2.26. The van der Waals surface area contributed by atoms with E-state index in [1.54, 1.807) is 0 Å². The zero-order valence-corrected chi connectivity index (χ0v) is 14.6. The second kappa shape index (κ2) is 7.60. The summed E-state index contributed by atoms with van der Waals surface area (Å²) in [5.41, 5.74) is 3.08. The molecule has 0 amide bonds. The molecule has 0 fully saturated rings. The van der Waals surface area contributed by atoms with Gasteiger partial charge in [0.1, 0.15) is 5.69 Å². The van der Waals surface area contributed by atoms with E-state index in [2.05, 4.69) is 41.1 Å². The summed E-state index contributed by atoms with van der Waals surface area (Å²) in [6, 6.07) is 14.0. The van der Waals surface area contributed by atoms with Crippen molar-refractivity contribution in [2.45, 2.75) is 25.9 Å². The van der Waals surface area contributed by atoms with Crippen LogP contribution in [-0.2, 0) is 6.54 Å². The van der Waals surface area contributed by atoms with Crippen LogP contribution >= 0.6 is 11.6 Å². The highest BCUT2D eigenvalue weighted by Gasteiger charge is 2.17. The Hall–Kier alpha value is -2.17. The molecule has 3 aromatic rings. The first kappa shape index (κ1) is 16.7. The number of benzene rings is 1. The lowest BCUT2D eigenvalue weighted by molar-refractivity contribution is 0.204. The predicted molar refractivity (Wildman–Crippen MR) is 95.7 cm³/mol. The van der Waals surface area contributed by atoms with Gasteiger partial charge in [0.05, 0.1) is 6.54 Å². The predicted octanol–water partition coefficient (Wildman–Crippen LogP) is 4.97. The van der Waals surface area contributed by atoms with Crippen molar-refractivity contribution >= 4 is 11.6 Å². The van der Waals surface area contributed by atoms with Crippen LogP contribution < -0.4 is 0 Å². The van der Waals surface area contributed by atoms with Crippen molar-refractivity contribution < 1.29 is 4.52 Å². The Balaban J connectivity index is 1.72. The number of rotatable bonds is 6. The molecule has 0 aliphatic carbocycles. The second-order valence-electron chi connectivity index (χ2n) is 5.81. The fraction of sp³-hybridized carbons (Fsp3) is 0.263. The molecule has 2 heterocycles. The lowest BCUT2D eigenvalue weighted by Crippen LogP contribution is -2.23. The van der Waals surface area contributed by atoms with Crippen molar-refractivity contribution in [1.82, 2.24) is 15.0 Å². The lowest BCUT2D eigenvalue weighted by atomic mass is 10.0. The van der Waals surface area contributed by atoms with Gasteiger partial charge in [0.15, 0.2) is 5.76 Å². The van der Waals surface area contributed by atoms with Crippen LogP contribution in [0.15, 0.2) is 59.4 Å². The summed E-state index contributed by atoms with van der Waals surface area (Å²) in [5.74, 6) is 0.843. The maximum absolute atomic E-state index is 5.93. The Kier molecular flexibility index (Phi) is 5.28. The van der Waals surface area contributed by atoms with Gasteiger partial charge >= 0.3 is 0 Å². The molecular weight excluding hydrogens is 322 g/mol. The molecule has 1 aromatic carbocycles. The van der Waals surface area contributed by atoms with Crippen LogP contribution in [-0.4, -0.2) is 22.1 Å². The van der Waals surface area contributed by atoms with Crippen molar-refractivity contribution in [1.29, 1.82) is 0 Å². The number of hydrogen-bond acceptors (Lipinski definition) is 4. The average molecular weight is 342 g/mol. The second-order valence-corrected chi connectivity index (χ2v) is 6.24. The van der Waals surface area contributed by atoms with Gasteiger partial charge in [-0.05, 0) is 43.3 Å². The third-order valence-corrected chi connectivity index (χ3v) is 4.37. The molecule has 0 aliphatic rings. The van der Waals surface area contributed by atoms with E-state index in [1.807, 2.05) is 42.7 Å². The first-order valence-electron chi connectivity index (χ1n) is 7.99. The van der Waals surface area contributed by atoms with E-state index in [0.717, 1.165) is 23.4 Å². The van der Waals surface area contributed by atoms with E-state index in [1.165, 1.54) is 5.56 Å². The van der Waals surface area contributed by atoms with Gasteiger partial charge in [0.2, 0.25) is 0 Å². The summed E-state index contributed by atoms with van der Waals surface area (Å²) in [6.07, 6.45) is 4.68. The molecule has 0 radical (unpaired) electrons. The van der Waals surface area contributed by atoms with Crippen molar-refractivity contribution in [2.24, 2.45) is 0 Å². The molecule has 4 nitrogen and oxygen atoms in total. The molecule has 0 aliphatic heterocycles. The molecule has 3 rings (SSSR count). The summed E-state index contributed by atoms with van der Waals surface area (Å²) in [4.78, 5) is 6.36. The van der Waals surface area contributed by atoms with Crippen LogP contribution in [0.5, 0.6) is 0 Å². The van der Waals surface area contributed by atoms with Gasteiger partial charge < -0.3 is 4.52 Å². The molecule has 2 aromatic heterocycles. The average Bonchev–Trinajstić information content (AvgIpc) is 3.05. The van der Waals surface area contributed by atoms with Gasteiger partial charge in [-0.25, -0.2) is 0 Å². The standard InChI is InChI=1S/C19H20ClN3O/c1-3-19(15-8-10-21-11-9-15)23(2)13-17-12-18(22-24-17)14-4-6-16(20)7-5-14/h4-12,19H,3,13H2,1-2H3/t19-/m0/s1. The first-order chi connectivity index (χ1) is 11.7. The first-order valence-corrected chi connectivity index (χ1v) is 8.37. The zero-order valence-electron chi connectivity index (χ0n) is 13.8. The fourth-order valence-electron chi connectivity index (χ4n) is 2.89. The number of hydrogen-bond donors (Lipinski definition) is 0. The molecular formula is C19H20ClN3O. The molecule has 0 saturated heterocycles. The summed E-state index contributed by atoms with van der Waals surface area (Å²) < 4.78 is 5.51. The van der Waals surface area contributed by atoms with Crippen LogP contribution in [0.2, 0.25) is 5.02 Å². The highest BCUT2D eigenvalue weighted by molar-refractivity contribution is 6.30. The third kappa shape index (κ3) is 3.83. The monoisotopic (exact) mass is 341 g/mol. The van der Waals surface area contributed by atoms with Crippen LogP contribution in [0.3, 0.4) is 0 Å². The van der Waals surface area contributed by atoms with E-state index < -0.39 is 0 Å². The van der Waals surface area contributed by atoms with Gasteiger partial charge in [-0.2, -0.15) is 0 Å². The highest BCUT2D eigenvalue weighted by atomic mass is 35.5. The zero-order chi connectivity index (χ0) is 16.9. The molecule has 0 N–H and O–H groups in total. The van der Waals surface area contributed by atoms with Crippen molar-refractivity contribution in [2.75, 3.05) is 7.05 Å². The van der Waals surface area contributed by atoms with Gasteiger partial charge in [-0.15, -0.1) is 0 Å². The molecule has 0 bridgehead atoms. The van der Waals surface area contributed by atoms with Crippen LogP contribution in [0.25, 0.3) is 11.3 Å². The third-order valence-electron chi connectivity index (χ3n) is 4.11. The number of nitrogens with zero attached hydrogens (tertiary/aromatic N) is 3. The largest absolute Gasteiger partial charge is 0.359 e. The minimum absolute atomic E-state index is 0.317. The Morgan fingerprint density at radius 2 is 1.83 bits per heavy atom. The maximum Gasteiger partial charge on any atom is 0.151 e. The minimum atomic E-state index is 0.317. The number of halogens is 1. The van der Waals surface area contributed by atoms with Gasteiger partial charge in [-0.1, -0.05) is 35.8 Å². The molecule has 124 valence electrons. The summed E-state index contributed by atoms with van der Waals surface area (Å²) >= 11 is 5.93. The van der Waals surface area contributed by atoms with Crippen molar-refractivity contribution in [3.63, 3.8) is 0 Å². The van der Waals surface area contributed by atoms with Gasteiger partial charge in [0.25, 0.3) is 0 Å². The van der Waals surface area contributed by atoms with Crippen LogP contribution in [0.1, 0.15) is 30.7 Å². The van der Waals surface area contributed by atoms with E-state index in [9.17, 15) is 0 Å². The van der Waals surface area contributed by atoms with E-state index in [4.69, 9.17) is 16.1 Å². The van der Waals surface area contributed by atoms with Crippen LogP contribution in [0, 0.1) is 0 Å². The summed E-state index contributed by atoms with van der Waals surface area (Å²) in [7, 11) is 2.10. The topological polar surface area (TPSA) is 42.2 Å². The Bertz CT molecular complexity index is 771. The highest BCUT2D eigenvalue weighted by Crippen LogP contribution is 2.26. The molecule has 0 unspecified atom stereocenters. The normalized spacial score (nSPS) is 12.5. The van der Waals surface area contributed by atoms with Crippen molar-refractivity contribution in [3.05, 3.63) is 71.2 Å². The fourth-order valence-corrected chi connectivity index (χ4v) is 3.01. The summed E-state index contributed by atoms with van der Waals surface area (Å²) in [5, 5.41) is 4.89. The maximum atomic E-state index is 5.93. The molecule has 0 saturated carbocycles. The van der Waals surface area contributed by atoms with Crippen molar-refractivity contribution in [3.8, 4) is 11.3 Å². The smallest absolute Gasteiger partial charge is 0.151 e. The van der Waals surface area contributed by atoms with Gasteiger partial charge in [0, 0.05) is 35.1 Å². The molecule has 5 heteroatoms. The minimum Gasteiger partial charge on any atom is -0.359 e. The Labute approximate surface area is 147 Å². The van der Waals surface area contributed by atoms with E-state index in [0.29, 0.717) is 17.6 Å². The Morgan fingerprint density at radius 3 is 2.50 bits per heavy atom.